The Morgan fingerprint density at radius 2 is 1.76 bits per heavy atom. The third kappa shape index (κ3) is 4.55. The maximum absolute atomic E-state index is 6.01. The Bertz CT molecular complexity index is 702. The molecule has 1 unspecified atom stereocenters. The Morgan fingerprint density at radius 3 is 2.48 bits per heavy atom. The van der Waals surface area contributed by atoms with Crippen molar-refractivity contribution in [3.8, 4) is 17.2 Å². The van der Waals surface area contributed by atoms with Gasteiger partial charge in [0.1, 0.15) is 12.4 Å². The molecule has 1 heterocycles. The van der Waals surface area contributed by atoms with Crippen molar-refractivity contribution >= 4 is 11.4 Å². The van der Waals surface area contributed by atoms with E-state index in [9.17, 15) is 0 Å². The van der Waals surface area contributed by atoms with E-state index in [0.717, 1.165) is 26.3 Å². The van der Waals surface area contributed by atoms with Gasteiger partial charge in [0.15, 0.2) is 11.5 Å². The average molecular weight is 343 g/mol. The van der Waals surface area contributed by atoms with E-state index < -0.39 is 0 Å². The molecule has 1 atom stereocenters. The van der Waals surface area contributed by atoms with Crippen molar-refractivity contribution in [2.75, 3.05) is 44.4 Å². The molecular weight excluding hydrogens is 318 g/mol. The number of para-hydroxylation sites is 2. The third-order valence-electron chi connectivity index (χ3n) is 4.28. The van der Waals surface area contributed by atoms with E-state index in [0.29, 0.717) is 41.3 Å². The maximum atomic E-state index is 6.01. The lowest BCUT2D eigenvalue weighted by Crippen LogP contribution is -2.44. The Morgan fingerprint density at radius 1 is 1.04 bits per heavy atom. The fourth-order valence-corrected chi connectivity index (χ4v) is 2.73. The smallest absolute Gasteiger partial charge is 0.169 e. The molecule has 1 fully saturated rings. The Balaban J connectivity index is 1.65. The molecule has 1 aliphatic rings. The zero-order valence-electron chi connectivity index (χ0n) is 14.5. The highest BCUT2D eigenvalue weighted by Gasteiger charge is 2.18. The van der Waals surface area contributed by atoms with Crippen LogP contribution in [0.5, 0.6) is 17.2 Å². The summed E-state index contributed by atoms with van der Waals surface area (Å²) in [5.74, 6) is 1.99. The summed E-state index contributed by atoms with van der Waals surface area (Å²) >= 11 is 0. The van der Waals surface area contributed by atoms with Crippen molar-refractivity contribution in [3.05, 3.63) is 42.5 Å². The topological polar surface area (TPSA) is 83.0 Å². The maximum Gasteiger partial charge on any atom is 0.169 e. The zero-order valence-corrected chi connectivity index (χ0v) is 14.5. The second kappa shape index (κ2) is 8.09. The highest BCUT2D eigenvalue weighted by atomic mass is 16.5. The summed E-state index contributed by atoms with van der Waals surface area (Å²) in [5.41, 5.74) is 12.6. The molecule has 25 heavy (non-hydrogen) atoms. The Hall–Kier alpha value is -2.44. The standard InChI is InChI=1S/C19H25N3O3/c1-14(22-8-10-23-11-9-22)13-24-18-4-2-3-5-19(18)25-15-6-7-16(20)17(21)12-15/h2-7,12,14H,8-11,13,20-21H2,1H3. The molecule has 4 N–H and O–H groups in total. The second-order valence-corrected chi connectivity index (χ2v) is 6.15. The average Bonchev–Trinajstić information content (AvgIpc) is 2.64. The number of ether oxygens (including phenoxy) is 3. The summed E-state index contributed by atoms with van der Waals surface area (Å²) in [5, 5.41) is 0. The molecule has 2 aromatic carbocycles. The fraction of sp³-hybridized carbons (Fsp3) is 0.368. The fourth-order valence-electron chi connectivity index (χ4n) is 2.73. The van der Waals surface area contributed by atoms with Crippen LogP contribution in [0.1, 0.15) is 6.92 Å². The quantitative estimate of drug-likeness (QED) is 0.785. The number of morpholine rings is 1. The van der Waals surface area contributed by atoms with Crippen LogP contribution in [0, 0.1) is 0 Å². The number of nitrogens with zero attached hydrogens (tertiary/aromatic N) is 1. The molecule has 0 spiro atoms. The number of rotatable bonds is 6. The number of anilines is 2. The first kappa shape index (κ1) is 17.4. The van der Waals surface area contributed by atoms with E-state index in [-0.39, 0.29) is 0 Å². The SMILES string of the molecule is CC(COc1ccccc1Oc1ccc(N)c(N)c1)N1CCOCC1. The van der Waals surface area contributed by atoms with E-state index in [1.165, 1.54) is 0 Å². The van der Waals surface area contributed by atoms with Crippen LogP contribution < -0.4 is 20.9 Å². The Labute approximate surface area is 148 Å². The normalized spacial score (nSPS) is 16.4. The van der Waals surface area contributed by atoms with Crippen molar-refractivity contribution in [2.24, 2.45) is 0 Å². The lowest BCUT2D eigenvalue weighted by molar-refractivity contribution is 0.0103. The third-order valence-corrected chi connectivity index (χ3v) is 4.28. The summed E-state index contributed by atoms with van der Waals surface area (Å²) in [7, 11) is 0. The number of hydrogen-bond acceptors (Lipinski definition) is 6. The van der Waals surface area contributed by atoms with Crippen molar-refractivity contribution in [3.63, 3.8) is 0 Å². The van der Waals surface area contributed by atoms with Crippen LogP contribution in [-0.4, -0.2) is 43.9 Å². The molecule has 1 aliphatic heterocycles. The van der Waals surface area contributed by atoms with Gasteiger partial charge in [-0.2, -0.15) is 0 Å². The van der Waals surface area contributed by atoms with Gasteiger partial charge in [-0.1, -0.05) is 12.1 Å². The summed E-state index contributed by atoms with van der Waals surface area (Å²) < 4.78 is 17.3. The van der Waals surface area contributed by atoms with E-state index in [4.69, 9.17) is 25.7 Å². The molecule has 0 amide bonds. The highest BCUT2D eigenvalue weighted by Crippen LogP contribution is 2.33. The molecule has 6 nitrogen and oxygen atoms in total. The highest BCUT2D eigenvalue weighted by molar-refractivity contribution is 5.65. The number of hydrogen-bond donors (Lipinski definition) is 2. The van der Waals surface area contributed by atoms with Gasteiger partial charge >= 0.3 is 0 Å². The molecule has 2 aromatic rings. The first-order chi connectivity index (χ1) is 12.1. The van der Waals surface area contributed by atoms with E-state index in [1.807, 2.05) is 24.3 Å². The van der Waals surface area contributed by atoms with Crippen LogP contribution >= 0.6 is 0 Å². The van der Waals surface area contributed by atoms with Gasteiger partial charge < -0.3 is 25.7 Å². The minimum atomic E-state index is 0.309. The van der Waals surface area contributed by atoms with Gasteiger partial charge in [-0.05, 0) is 31.2 Å². The van der Waals surface area contributed by atoms with Gasteiger partial charge in [-0.3, -0.25) is 4.90 Å². The van der Waals surface area contributed by atoms with E-state index in [1.54, 1.807) is 18.2 Å². The van der Waals surface area contributed by atoms with Crippen molar-refractivity contribution < 1.29 is 14.2 Å². The molecular formula is C19H25N3O3. The van der Waals surface area contributed by atoms with Gasteiger partial charge in [0.05, 0.1) is 24.6 Å². The number of nitrogens with two attached hydrogens (primary N) is 2. The van der Waals surface area contributed by atoms with Crippen LogP contribution in [0.25, 0.3) is 0 Å². The van der Waals surface area contributed by atoms with Crippen molar-refractivity contribution in [1.82, 2.24) is 4.90 Å². The van der Waals surface area contributed by atoms with Gasteiger partial charge in [-0.15, -0.1) is 0 Å². The van der Waals surface area contributed by atoms with Crippen LogP contribution in [0.15, 0.2) is 42.5 Å². The lowest BCUT2D eigenvalue weighted by Gasteiger charge is -2.32. The van der Waals surface area contributed by atoms with Crippen LogP contribution in [-0.2, 0) is 4.74 Å². The predicted octanol–water partition coefficient (Wildman–Crippen LogP) is 2.74. The molecule has 134 valence electrons. The van der Waals surface area contributed by atoms with E-state index in [2.05, 4.69) is 11.8 Å². The minimum Gasteiger partial charge on any atom is -0.488 e. The molecule has 0 aliphatic carbocycles. The molecule has 3 rings (SSSR count). The summed E-state index contributed by atoms with van der Waals surface area (Å²) in [6, 6.07) is 13.2. The Kier molecular flexibility index (Phi) is 5.63. The molecule has 0 radical (unpaired) electrons. The minimum absolute atomic E-state index is 0.309. The second-order valence-electron chi connectivity index (χ2n) is 6.15. The van der Waals surface area contributed by atoms with Crippen molar-refractivity contribution in [1.29, 1.82) is 0 Å². The molecule has 0 saturated carbocycles. The van der Waals surface area contributed by atoms with E-state index >= 15 is 0 Å². The molecule has 0 bridgehead atoms. The number of benzene rings is 2. The molecule has 0 aromatic heterocycles. The predicted molar refractivity (Wildman–Crippen MR) is 99.1 cm³/mol. The summed E-state index contributed by atoms with van der Waals surface area (Å²) in [6.45, 7) is 6.19. The van der Waals surface area contributed by atoms with Crippen LogP contribution in [0.2, 0.25) is 0 Å². The zero-order chi connectivity index (χ0) is 17.6. The largest absolute Gasteiger partial charge is 0.488 e. The summed E-state index contributed by atoms with van der Waals surface area (Å²) in [6.07, 6.45) is 0. The van der Waals surface area contributed by atoms with Gasteiger partial charge in [0.2, 0.25) is 0 Å². The van der Waals surface area contributed by atoms with Crippen molar-refractivity contribution in [2.45, 2.75) is 13.0 Å². The van der Waals surface area contributed by atoms with Crippen LogP contribution in [0.3, 0.4) is 0 Å². The molecule has 6 heteroatoms. The first-order valence-electron chi connectivity index (χ1n) is 8.50. The van der Waals surface area contributed by atoms with Gasteiger partial charge in [0.25, 0.3) is 0 Å². The first-order valence-corrected chi connectivity index (χ1v) is 8.50. The van der Waals surface area contributed by atoms with Gasteiger partial charge in [0, 0.05) is 25.2 Å². The van der Waals surface area contributed by atoms with Gasteiger partial charge in [-0.25, -0.2) is 0 Å². The monoisotopic (exact) mass is 343 g/mol. The lowest BCUT2D eigenvalue weighted by atomic mass is 10.2. The number of nitrogen functional groups attached to an aromatic ring is 2. The summed E-state index contributed by atoms with van der Waals surface area (Å²) in [4.78, 5) is 2.37. The van der Waals surface area contributed by atoms with Crippen LogP contribution in [0.4, 0.5) is 11.4 Å². The molecule has 1 saturated heterocycles.